The Hall–Kier alpha value is -1.43. The van der Waals surface area contributed by atoms with E-state index in [-0.39, 0.29) is 12.4 Å². The van der Waals surface area contributed by atoms with Gasteiger partial charge in [-0.25, -0.2) is 0 Å². The first-order chi connectivity index (χ1) is 10.1. The first kappa shape index (κ1) is 16.9. The van der Waals surface area contributed by atoms with Crippen LogP contribution < -0.4 is 5.32 Å². The van der Waals surface area contributed by atoms with Crippen LogP contribution in [0.3, 0.4) is 0 Å². The van der Waals surface area contributed by atoms with Crippen molar-refractivity contribution in [2.75, 3.05) is 20.1 Å². The van der Waals surface area contributed by atoms with Crippen molar-refractivity contribution >= 4 is 12.4 Å². The maximum atomic E-state index is 4.62. The average Bonchev–Trinajstić information content (AvgIpc) is 3.07. The minimum atomic E-state index is 0. The summed E-state index contributed by atoms with van der Waals surface area (Å²) in [7, 11) is 2.03. The highest BCUT2D eigenvalue weighted by molar-refractivity contribution is 5.85. The molecule has 0 saturated carbocycles. The lowest BCUT2D eigenvalue weighted by Crippen LogP contribution is -2.29. The monoisotopic (exact) mass is 321 g/mol. The molecule has 0 spiro atoms. The topological polar surface area (TPSA) is 46.0 Å². The molecule has 22 heavy (non-hydrogen) atoms. The summed E-state index contributed by atoms with van der Waals surface area (Å²) in [6.45, 7) is 7.30. The van der Waals surface area contributed by atoms with Gasteiger partial charge in [0.2, 0.25) is 0 Å². The van der Waals surface area contributed by atoms with E-state index in [2.05, 4.69) is 52.5 Å². The quantitative estimate of drug-likeness (QED) is 0.937. The highest BCUT2D eigenvalue weighted by Crippen LogP contribution is 2.14. The van der Waals surface area contributed by atoms with Crippen LogP contribution >= 0.6 is 12.4 Å². The first-order valence-electron chi connectivity index (χ1n) is 7.53. The zero-order valence-corrected chi connectivity index (χ0v) is 14.2. The number of hydrogen-bond acceptors (Lipinski definition) is 4. The van der Waals surface area contributed by atoms with Crippen molar-refractivity contribution in [3.05, 3.63) is 41.2 Å². The van der Waals surface area contributed by atoms with E-state index in [1.54, 1.807) is 4.80 Å². The SMILES string of the molecule is CNC1CCN(Cc2cnn(-c3cc(C)cc(C)c3)n2)C1.Cl. The Morgan fingerprint density at radius 3 is 2.59 bits per heavy atom. The molecule has 1 saturated heterocycles. The highest BCUT2D eigenvalue weighted by atomic mass is 35.5. The van der Waals surface area contributed by atoms with Crippen LogP contribution in [-0.4, -0.2) is 46.1 Å². The van der Waals surface area contributed by atoms with Gasteiger partial charge in [0, 0.05) is 25.7 Å². The molecule has 1 fully saturated rings. The predicted molar refractivity (Wildman–Crippen MR) is 90.8 cm³/mol. The molecule has 1 unspecified atom stereocenters. The number of nitrogens with one attached hydrogen (secondary N) is 1. The van der Waals surface area contributed by atoms with E-state index in [0.717, 1.165) is 31.0 Å². The minimum absolute atomic E-state index is 0. The van der Waals surface area contributed by atoms with E-state index < -0.39 is 0 Å². The molecule has 0 bridgehead atoms. The Morgan fingerprint density at radius 1 is 1.23 bits per heavy atom. The highest BCUT2D eigenvalue weighted by Gasteiger charge is 2.21. The fraction of sp³-hybridized carbons (Fsp3) is 0.500. The number of likely N-dealkylation sites (tertiary alicyclic amines) is 1. The molecule has 3 rings (SSSR count). The third-order valence-electron chi connectivity index (χ3n) is 4.04. The lowest BCUT2D eigenvalue weighted by Gasteiger charge is -2.13. The molecular weight excluding hydrogens is 298 g/mol. The number of halogens is 1. The summed E-state index contributed by atoms with van der Waals surface area (Å²) in [6.07, 6.45) is 3.09. The second-order valence-electron chi connectivity index (χ2n) is 5.98. The molecule has 1 atom stereocenters. The van der Waals surface area contributed by atoms with Crippen molar-refractivity contribution in [2.45, 2.75) is 32.9 Å². The van der Waals surface area contributed by atoms with Crippen molar-refractivity contribution in [3.63, 3.8) is 0 Å². The van der Waals surface area contributed by atoms with Gasteiger partial charge >= 0.3 is 0 Å². The van der Waals surface area contributed by atoms with Crippen LogP contribution in [-0.2, 0) is 6.54 Å². The van der Waals surface area contributed by atoms with Gasteiger partial charge in [0.1, 0.15) is 0 Å². The van der Waals surface area contributed by atoms with Crippen molar-refractivity contribution in [1.82, 2.24) is 25.2 Å². The molecular formula is C16H24ClN5. The summed E-state index contributed by atoms with van der Waals surface area (Å²) in [6, 6.07) is 7.00. The predicted octanol–water partition coefficient (Wildman–Crippen LogP) is 2.10. The largest absolute Gasteiger partial charge is 0.316 e. The summed E-state index contributed by atoms with van der Waals surface area (Å²) in [5.74, 6) is 0. The standard InChI is InChI=1S/C16H23N5.ClH/c1-12-6-13(2)8-16(7-12)21-18-9-15(19-21)11-20-5-4-14(10-20)17-3;/h6-9,14,17H,4-5,10-11H2,1-3H3;1H. The normalized spacial score (nSPS) is 18.4. The van der Waals surface area contributed by atoms with E-state index in [1.165, 1.54) is 17.5 Å². The van der Waals surface area contributed by atoms with Gasteiger partial charge in [0.15, 0.2) is 0 Å². The van der Waals surface area contributed by atoms with Gasteiger partial charge in [-0.3, -0.25) is 4.90 Å². The Kier molecular flexibility index (Phi) is 5.56. The fourth-order valence-electron chi connectivity index (χ4n) is 3.00. The molecule has 2 aromatic rings. The molecule has 6 heteroatoms. The zero-order chi connectivity index (χ0) is 14.8. The van der Waals surface area contributed by atoms with Crippen molar-refractivity contribution < 1.29 is 0 Å². The lowest BCUT2D eigenvalue weighted by molar-refractivity contribution is 0.318. The number of nitrogens with zero attached hydrogens (tertiary/aromatic N) is 4. The third-order valence-corrected chi connectivity index (χ3v) is 4.04. The van der Waals surface area contributed by atoms with E-state index in [4.69, 9.17) is 0 Å². The number of aryl methyl sites for hydroxylation is 2. The Balaban J connectivity index is 0.00000176. The van der Waals surface area contributed by atoms with Gasteiger partial charge in [-0.05, 0) is 50.6 Å². The maximum Gasteiger partial charge on any atom is 0.0971 e. The van der Waals surface area contributed by atoms with Crippen molar-refractivity contribution in [1.29, 1.82) is 0 Å². The first-order valence-corrected chi connectivity index (χ1v) is 7.53. The molecule has 1 N–H and O–H groups in total. The molecule has 1 aromatic carbocycles. The van der Waals surface area contributed by atoms with Crippen LogP contribution in [0.2, 0.25) is 0 Å². The fourth-order valence-corrected chi connectivity index (χ4v) is 3.00. The van der Waals surface area contributed by atoms with Crippen LogP contribution in [0, 0.1) is 13.8 Å². The van der Waals surface area contributed by atoms with Gasteiger partial charge in [-0.1, -0.05) is 6.07 Å². The average molecular weight is 322 g/mol. The third kappa shape index (κ3) is 3.85. The van der Waals surface area contributed by atoms with Crippen LogP contribution in [0.25, 0.3) is 5.69 Å². The number of likely N-dealkylation sites (N-methyl/N-ethyl adjacent to an activating group) is 1. The molecule has 5 nitrogen and oxygen atoms in total. The van der Waals surface area contributed by atoms with E-state index in [9.17, 15) is 0 Å². The Labute approximate surface area is 138 Å². The van der Waals surface area contributed by atoms with Crippen LogP contribution in [0.4, 0.5) is 0 Å². The maximum absolute atomic E-state index is 4.62. The zero-order valence-electron chi connectivity index (χ0n) is 13.4. The van der Waals surface area contributed by atoms with E-state index >= 15 is 0 Å². The molecule has 1 aliphatic rings. The van der Waals surface area contributed by atoms with Crippen LogP contribution in [0.1, 0.15) is 23.2 Å². The number of aromatic nitrogens is 3. The molecule has 0 amide bonds. The molecule has 1 aromatic heterocycles. The van der Waals surface area contributed by atoms with Gasteiger partial charge in [-0.15, -0.1) is 12.4 Å². The number of hydrogen-bond donors (Lipinski definition) is 1. The smallest absolute Gasteiger partial charge is 0.0971 e. The minimum Gasteiger partial charge on any atom is -0.316 e. The molecule has 2 heterocycles. The Morgan fingerprint density at radius 2 is 1.95 bits per heavy atom. The van der Waals surface area contributed by atoms with Gasteiger partial charge in [0.25, 0.3) is 0 Å². The number of rotatable bonds is 4. The van der Waals surface area contributed by atoms with Crippen LogP contribution in [0.5, 0.6) is 0 Å². The molecule has 1 aliphatic heterocycles. The van der Waals surface area contributed by atoms with E-state index in [1.807, 2.05) is 13.2 Å². The van der Waals surface area contributed by atoms with Gasteiger partial charge in [0.05, 0.1) is 17.6 Å². The summed E-state index contributed by atoms with van der Waals surface area (Å²) >= 11 is 0. The summed E-state index contributed by atoms with van der Waals surface area (Å²) < 4.78 is 0. The Bertz CT molecular complexity index is 604. The summed E-state index contributed by atoms with van der Waals surface area (Å²) in [4.78, 5) is 4.16. The van der Waals surface area contributed by atoms with Gasteiger partial charge in [-0.2, -0.15) is 15.0 Å². The van der Waals surface area contributed by atoms with Gasteiger partial charge < -0.3 is 5.32 Å². The molecule has 0 radical (unpaired) electrons. The van der Waals surface area contributed by atoms with Crippen molar-refractivity contribution in [2.24, 2.45) is 0 Å². The number of benzene rings is 1. The van der Waals surface area contributed by atoms with E-state index in [0.29, 0.717) is 6.04 Å². The second kappa shape index (κ2) is 7.22. The van der Waals surface area contributed by atoms with Crippen LogP contribution in [0.15, 0.2) is 24.4 Å². The lowest BCUT2D eigenvalue weighted by atomic mass is 10.1. The summed E-state index contributed by atoms with van der Waals surface area (Å²) in [5, 5.41) is 12.4. The molecule has 0 aliphatic carbocycles. The van der Waals surface area contributed by atoms with Crippen molar-refractivity contribution in [3.8, 4) is 5.69 Å². The summed E-state index contributed by atoms with van der Waals surface area (Å²) in [5.41, 5.74) is 4.54. The molecule has 120 valence electrons. The second-order valence-corrected chi connectivity index (χ2v) is 5.98.